The second-order valence-corrected chi connectivity index (χ2v) is 7.11. The minimum Gasteiger partial charge on any atom is -0.450 e. The number of hydrogen-bond acceptors (Lipinski definition) is 5. The summed E-state index contributed by atoms with van der Waals surface area (Å²) in [5.74, 6) is 0.157. The van der Waals surface area contributed by atoms with Gasteiger partial charge in [-0.15, -0.1) is 11.3 Å². The number of rotatable bonds is 5. The summed E-state index contributed by atoms with van der Waals surface area (Å²) in [5.41, 5.74) is 1.03. The van der Waals surface area contributed by atoms with E-state index in [9.17, 15) is 9.59 Å². The van der Waals surface area contributed by atoms with Crippen molar-refractivity contribution in [2.45, 2.75) is 26.2 Å². The van der Waals surface area contributed by atoms with Gasteiger partial charge in [0, 0.05) is 32.6 Å². The van der Waals surface area contributed by atoms with Crippen LogP contribution in [-0.4, -0.2) is 59.6 Å². The van der Waals surface area contributed by atoms with Crippen LogP contribution in [0.1, 0.15) is 24.8 Å². The lowest BCUT2D eigenvalue weighted by atomic mass is 10.2. The smallest absolute Gasteiger partial charge is 0.409 e. The second-order valence-electron chi connectivity index (χ2n) is 6.00. The molecule has 0 aliphatic carbocycles. The van der Waals surface area contributed by atoms with Gasteiger partial charge in [-0.2, -0.15) is 0 Å². The Balaban J connectivity index is 1.42. The average molecular weight is 361 g/mol. The average Bonchev–Trinajstić information content (AvgIpc) is 3.04. The fraction of sp³-hybridized carbons (Fsp3) is 0.500. The van der Waals surface area contributed by atoms with Gasteiger partial charge in [0.1, 0.15) is 0 Å². The van der Waals surface area contributed by atoms with Crippen molar-refractivity contribution in [3.8, 4) is 0 Å². The van der Waals surface area contributed by atoms with Gasteiger partial charge in [0.25, 0.3) is 0 Å². The fourth-order valence-electron chi connectivity index (χ4n) is 2.93. The minimum absolute atomic E-state index is 0.157. The quantitative estimate of drug-likeness (QED) is 0.821. The van der Waals surface area contributed by atoms with E-state index in [0.29, 0.717) is 39.2 Å². The standard InChI is InChI=1S/C18H23N3O3S/c1-2-24-18(23)21-12-10-20(11-13-21)17(22)9-5-8-16-19-14-6-3-4-7-15(14)25-16/h3-4,6-7H,2,5,8-13H2,1H3. The number of carbonyl (C=O) groups excluding carboxylic acids is 2. The van der Waals surface area contributed by atoms with Gasteiger partial charge in [0.05, 0.1) is 21.8 Å². The van der Waals surface area contributed by atoms with Gasteiger partial charge in [0.2, 0.25) is 5.91 Å². The van der Waals surface area contributed by atoms with E-state index in [1.807, 2.05) is 23.1 Å². The second kappa shape index (κ2) is 8.29. The minimum atomic E-state index is -0.287. The summed E-state index contributed by atoms with van der Waals surface area (Å²) < 4.78 is 6.19. The van der Waals surface area contributed by atoms with E-state index in [1.165, 1.54) is 4.70 Å². The van der Waals surface area contributed by atoms with Crippen LogP contribution in [0.3, 0.4) is 0 Å². The molecular formula is C18H23N3O3S. The molecule has 0 saturated carbocycles. The molecule has 6 nitrogen and oxygen atoms in total. The zero-order valence-corrected chi connectivity index (χ0v) is 15.3. The van der Waals surface area contributed by atoms with E-state index >= 15 is 0 Å². The SMILES string of the molecule is CCOC(=O)N1CCN(C(=O)CCCc2nc3ccccc3s2)CC1. The third-order valence-electron chi connectivity index (χ3n) is 4.28. The van der Waals surface area contributed by atoms with Crippen LogP contribution in [0, 0.1) is 0 Å². The molecule has 134 valence electrons. The van der Waals surface area contributed by atoms with Gasteiger partial charge in [0.15, 0.2) is 0 Å². The van der Waals surface area contributed by atoms with Crippen LogP contribution in [0.4, 0.5) is 4.79 Å². The molecule has 1 aliphatic heterocycles. The highest BCUT2D eigenvalue weighted by molar-refractivity contribution is 7.18. The Hall–Kier alpha value is -2.15. The highest BCUT2D eigenvalue weighted by atomic mass is 32.1. The number of amides is 2. The monoisotopic (exact) mass is 361 g/mol. The summed E-state index contributed by atoms with van der Waals surface area (Å²) in [7, 11) is 0. The van der Waals surface area contributed by atoms with Crippen molar-refractivity contribution >= 4 is 33.6 Å². The Morgan fingerprint density at radius 2 is 1.88 bits per heavy atom. The molecule has 0 radical (unpaired) electrons. The van der Waals surface area contributed by atoms with E-state index in [2.05, 4.69) is 11.1 Å². The number of para-hydroxylation sites is 1. The Morgan fingerprint density at radius 3 is 2.60 bits per heavy atom. The normalized spacial score (nSPS) is 14.8. The maximum absolute atomic E-state index is 12.3. The Labute approximate surface area is 151 Å². The molecule has 0 bridgehead atoms. The van der Waals surface area contributed by atoms with Gasteiger partial charge < -0.3 is 14.5 Å². The number of fused-ring (bicyclic) bond motifs is 1. The lowest BCUT2D eigenvalue weighted by Crippen LogP contribution is -2.50. The number of hydrogen-bond donors (Lipinski definition) is 0. The van der Waals surface area contributed by atoms with Crippen molar-refractivity contribution in [1.82, 2.24) is 14.8 Å². The molecule has 1 fully saturated rings. The van der Waals surface area contributed by atoms with Gasteiger partial charge in [-0.05, 0) is 31.9 Å². The van der Waals surface area contributed by atoms with Crippen molar-refractivity contribution < 1.29 is 14.3 Å². The zero-order chi connectivity index (χ0) is 17.6. The molecular weight excluding hydrogens is 338 g/mol. The van der Waals surface area contributed by atoms with Crippen LogP contribution in [0.5, 0.6) is 0 Å². The largest absolute Gasteiger partial charge is 0.450 e. The van der Waals surface area contributed by atoms with Crippen LogP contribution in [-0.2, 0) is 16.0 Å². The van der Waals surface area contributed by atoms with Gasteiger partial charge >= 0.3 is 6.09 Å². The first kappa shape index (κ1) is 17.7. The predicted molar refractivity (Wildman–Crippen MR) is 97.7 cm³/mol. The van der Waals surface area contributed by atoms with Crippen molar-refractivity contribution in [3.63, 3.8) is 0 Å². The molecule has 0 N–H and O–H groups in total. The maximum atomic E-state index is 12.3. The number of nitrogens with zero attached hydrogens (tertiary/aromatic N) is 3. The molecule has 1 aromatic carbocycles. The molecule has 0 atom stereocenters. The number of ether oxygens (including phenoxy) is 1. The van der Waals surface area contributed by atoms with Gasteiger partial charge in [-0.25, -0.2) is 9.78 Å². The zero-order valence-electron chi connectivity index (χ0n) is 14.4. The predicted octanol–water partition coefficient (Wildman–Crippen LogP) is 2.92. The Bertz CT molecular complexity index is 705. The van der Waals surface area contributed by atoms with Crippen molar-refractivity contribution in [3.05, 3.63) is 29.3 Å². The Kier molecular flexibility index (Phi) is 5.86. The van der Waals surface area contributed by atoms with Crippen LogP contribution in [0.25, 0.3) is 10.2 Å². The molecule has 25 heavy (non-hydrogen) atoms. The van der Waals surface area contributed by atoms with Gasteiger partial charge in [-0.1, -0.05) is 12.1 Å². The number of benzene rings is 1. The molecule has 2 aromatic rings. The number of aryl methyl sites for hydroxylation is 1. The molecule has 1 aromatic heterocycles. The van der Waals surface area contributed by atoms with Crippen molar-refractivity contribution in [2.75, 3.05) is 32.8 Å². The fourth-order valence-corrected chi connectivity index (χ4v) is 3.94. The first-order valence-electron chi connectivity index (χ1n) is 8.71. The van der Waals surface area contributed by atoms with E-state index in [4.69, 9.17) is 4.74 Å². The first-order valence-corrected chi connectivity index (χ1v) is 9.53. The van der Waals surface area contributed by atoms with Crippen molar-refractivity contribution in [1.29, 1.82) is 0 Å². The number of carbonyl (C=O) groups is 2. The van der Waals surface area contributed by atoms with Crippen LogP contribution in [0.15, 0.2) is 24.3 Å². The summed E-state index contributed by atoms with van der Waals surface area (Å²) in [5, 5.41) is 1.08. The topological polar surface area (TPSA) is 62.7 Å². The maximum Gasteiger partial charge on any atom is 0.409 e. The van der Waals surface area contributed by atoms with E-state index in [-0.39, 0.29) is 12.0 Å². The summed E-state index contributed by atoms with van der Waals surface area (Å²) in [6.07, 6.45) is 1.87. The molecule has 0 unspecified atom stereocenters. The third-order valence-corrected chi connectivity index (χ3v) is 5.37. The molecule has 3 rings (SSSR count). The summed E-state index contributed by atoms with van der Waals surface area (Å²) >= 11 is 1.70. The first-order chi connectivity index (χ1) is 12.2. The lowest BCUT2D eigenvalue weighted by molar-refractivity contribution is -0.132. The lowest BCUT2D eigenvalue weighted by Gasteiger charge is -2.34. The van der Waals surface area contributed by atoms with Crippen LogP contribution >= 0.6 is 11.3 Å². The summed E-state index contributed by atoms with van der Waals surface area (Å²) in [6, 6.07) is 8.10. The molecule has 0 spiro atoms. The third kappa shape index (κ3) is 4.48. The van der Waals surface area contributed by atoms with Crippen LogP contribution < -0.4 is 0 Å². The van der Waals surface area contributed by atoms with Crippen molar-refractivity contribution in [2.24, 2.45) is 0 Å². The Morgan fingerprint density at radius 1 is 1.16 bits per heavy atom. The summed E-state index contributed by atoms with van der Waals surface area (Å²) in [4.78, 5) is 32.1. The van der Waals surface area contributed by atoms with E-state index < -0.39 is 0 Å². The number of thiazole rings is 1. The highest BCUT2D eigenvalue weighted by Crippen LogP contribution is 2.22. The number of piperazine rings is 1. The highest BCUT2D eigenvalue weighted by Gasteiger charge is 2.24. The number of aromatic nitrogens is 1. The van der Waals surface area contributed by atoms with Crippen LogP contribution in [0.2, 0.25) is 0 Å². The van der Waals surface area contributed by atoms with E-state index in [1.54, 1.807) is 23.2 Å². The summed E-state index contributed by atoms with van der Waals surface area (Å²) in [6.45, 7) is 4.43. The van der Waals surface area contributed by atoms with Gasteiger partial charge in [-0.3, -0.25) is 4.79 Å². The molecule has 1 saturated heterocycles. The van der Waals surface area contributed by atoms with E-state index in [0.717, 1.165) is 23.4 Å². The molecule has 1 aliphatic rings. The molecule has 2 amide bonds. The molecule has 7 heteroatoms. The molecule has 2 heterocycles.